The summed E-state index contributed by atoms with van der Waals surface area (Å²) in [5, 5.41) is 4.51. The third kappa shape index (κ3) is 1.87. The standard InChI is InChI=1S/C12H17N3/c1-4-8-12(2,3)11-13-10-7-5-6-9-15(10)14-11/h5-7,9H,4,8H2,1-3H3. The van der Waals surface area contributed by atoms with Crippen LogP contribution in [0, 0.1) is 0 Å². The molecular weight excluding hydrogens is 186 g/mol. The number of fused-ring (bicyclic) bond motifs is 1. The number of aromatic nitrogens is 3. The summed E-state index contributed by atoms with van der Waals surface area (Å²) in [6.45, 7) is 6.59. The highest BCUT2D eigenvalue weighted by Gasteiger charge is 2.24. The van der Waals surface area contributed by atoms with Crippen molar-refractivity contribution in [1.82, 2.24) is 14.6 Å². The first-order valence-electron chi connectivity index (χ1n) is 5.45. The molecule has 0 aliphatic rings. The molecule has 0 spiro atoms. The normalized spacial score (nSPS) is 12.2. The summed E-state index contributed by atoms with van der Waals surface area (Å²) in [6, 6.07) is 5.94. The SMILES string of the molecule is CCCC(C)(C)c1nc2ccccn2n1. The predicted molar refractivity (Wildman–Crippen MR) is 60.9 cm³/mol. The molecule has 80 valence electrons. The maximum atomic E-state index is 4.55. The van der Waals surface area contributed by atoms with Gasteiger partial charge in [0, 0.05) is 11.6 Å². The first-order chi connectivity index (χ1) is 7.13. The summed E-state index contributed by atoms with van der Waals surface area (Å²) in [5.41, 5.74) is 0.998. The minimum absolute atomic E-state index is 0.0702. The molecule has 0 bridgehead atoms. The molecule has 0 radical (unpaired) electrons. The van der Waals surface area contributed by atoms with Gasteiger partial charge in [0.05, 0.1) is 0 Å². The summed E-state index contributed by atoms with van der Waals surface area (Å²) < 4.78 is 1.84. The van der Waals surface area contributed by atoms with Gasteiger partial charge in [0.25, 0.3) is 0 Å². The van der Waals surface area contributed by atoms with Gasteiger partial charge in [-0.2, -0.15) is 5.10 Å². The van der Waals surface area contributed by atoms with E-state index in [-0.39, 0.29) is 5.41 Å². The van der Waals surface area contributed by atoms with Crippen LogP contribution in [0.5, 0.6) is 0 Å². The molecule has 0 N–H and O–H groups in total. The van der Waals surface area contributed by atoms with E-state index in [0.29, 0.717) is 0 Å². The van der Waals surface area contributed by atoms with E-state index in [1.807, 2.05) is 28.9 Å². The molecule has 0 saturated heterocycles. The molecule has 0 unspecified atom stereocenters. The summed E-state index contributed by atoms with van der Waals surface area (Å²) in [6.07, 6.45) is 4.21. The summed E-state index contributed by atoms with van der Waals surface area (Å²) in [7, 11) is 0. The number of hydrogen-bond acceptors (Lipinski definition) is 2. The van der Waals surface area contributed by atoms with Crippen LogP contribution in [0.2, 0.25) is 0 Å². The second-order valence-corrected chi connectivity index (χ2v) is 4.57. The quantitative estimate of drug-likeness (QED) is 0.767. The smallest absolute Gasteiger partial charge is 0.157 e. The zero-order valence-corrected chi connectivity index (χ0v) is 9.57. The van der Waals surface area contributed by atoms with Crippen molar-refractivity contribution >= 4 is 5.65 Å². The van der Waals surface area contributed by atoms with E-state index < -0.39 is 0 Å². The van der Waals surface area contributed by atoms with Crippen molar-refractivity contribution in [3.8, 4) is 0 Å². The third-order valence-electron chi connectivity index (χ3n) is 2.72. The van der Waals surface area contributed by atoms with Gasteiger partial charge < -0.3 is 0 Å². The van der Waals surface area contributed by atoms with Crippen LogP contribution in [0.15, 0.2) is 24.4 Å². The van der Waals surface area contributed by atoms with Gasteiger partial charge in [-0.3, -0.25) is 0 Å². The highest BCUT2D eigenvalue weighted by atomic mass is 15.3. The second kappa shape index (κ2) is 3.65. The monoisotopic (exact) mass is 203 g/mol. The summed E-state index contributed by atoms with van der Waals surface area (Å²) >= 11 is 0. The van der Waals surface area contributed by atoms with Crippen LogP contribution in [0.1, 0.15) is 39.4 Å². The van der Waals surface area contributed by atoms with Gasteiger partial charge in [0.15, 0.2) is 11.5 Å². The fraction of sp³-hybridized carbons (Fsp3) is 0.500. The molecule has 0 atom stereocenters. The van der Waals surface area contributed by atoms with Crippen molar-refractivity contribution < 1.29 is 0 Å². The molecule has 0 aliphatic heterocycles. The van der Waals surface area contributed by atoms with Crippen LogP contribution in [-0.2, 0) is 5.41 Å². The Kier molecular flexibility index (Phi) is 2.47. The van der Waals surface area contributed by atoms with Crippen molar-refractivity contribution in [2.75, 3.05) is 0 Å². The lowest BCUT2D eigenvalue weighted by molar-refractivity contribution is 0.445. The van der Waals surface area contributed by atoms with E-state index in [9.17, 15) is 0 Å². The molecule has 3 nitrogen and oxygen atoms in total. The fourth-order valence-electron chi connectivity index (χ4n) is 1.86. The van der Waals surface area contributed by atoms with Gasteiger partial charge in [0.1, 0.15) is 0 Å². The van der Waals surface area contributed by atoms with E-state index in [1.54, 1.807) is 0 Å². The molecule has 2 heterocycles. The predicted octanol–water partition coefficient (Wildman–Crippen LogP) is 2.81. The summed E-state index contributed by atoms with van der Waals surface area (Å²) in [5.74, 6) is 0.940. The Hall–Kier alpha value is -1.38. The molecule has 0 aliphatic carbocycles. The lowest BCUT2D eigenvalue weighted by atomic mass is 9.87. The van der Waals surface area contributed by atoms with Crippen molar-refractivity contribution in [3.63, 3.8) is 0 Å². The average molecular weight is 203 g/mol. The Balaban J connectivity index is 2.44. The number of hydrogen-bond donors (Lipinski definition) is 0. The molecule has 3 heteroatoms. The van der Waals surface area contributed by atoms with Gasteiger partial charge in [-0.1, -0.05) is 33.3 Å². The van der Waals surface area contributed by atoms with Crippen LogP contribution < -0.4 is 0 Å². The molecule has 0 aromatic carbocycles. The van der Waals surface area contributed by atoms with Crippen molar-refractivity contribution in [3.05, 3.63) is 30.2 Å². The Bertz CT molecular complexity index is 424. The van der Waals surface area contributed by atoms with Crippen molar-refractivity contribution in [2.45, 2.75) is 39.0 Å². The van der Waals surface area contributed by atoms with Crippen LogP contribution in [0.4, 0.5) is 0 Å². The largest absolute Gasteiger partial charge is 0.221 e. The van der Waals surface area contributed by atoms with Crippen LogP contribution >= 0.6 is 0 Å². The zero-order valence-electron chi connectivity index (χ0n) is 9.57. The average Bonchev–Trinajstić information content (AvgIpc) is 2.61. The Morgan fingerprint density at radius 2 is 2.13 bits per heavy atom. The molecular formula is C12H17N3. The molecule has 0 fully saturated rings. The Morgan fingerprint density at radius 3 is 2.80 bits per heavy atom. The Labute approximate surface area is 90.1 Å². The van der Waals surface area contributed by atoms with Gasteiger partial charge in [-0.05, 0) is 18.6 Å². The number of rotatable bonds is 3. The lowest BCUT2D eigenvalue weighted by Gasteiger charge is -2.19. The first-order valence-corrected chi connectivity index (χ1v) is 5.45. The highest BCUT2D eigenvalue weighted by Crippen LogP contribution is 2.25. The van der Waals surface area contributed by atoms with Crippen LogP contribution in [0.3, 0.4) is 0 Å². The van der Waals surface area contributed by atoms with Gasteiger partial charge in [0.2, 0.25) is 0 Å². The van der Waals surface area contributed by atoms with E-state index in [2.05, 4.69) is 30.9 Å². The van der Waals surface area contributed by atoms with Gasteiger partial charge in [-0.25, -0.2) is 9.50 Å². The first kappa shape index (κ1) is 10.1. The topological polar surface area (TPSA) is 30.2 Å². The van der Waals surface area contributed by atoms with E-state index in [1.165, 1.54) is 0 Å². The second-order valence-electron chi connectivity index (χ2n) is 4.57. The number of nitrogens with zero attached hydrogens (tertiary/aromatic N) is 3. The van der Waals surface area contributed by atoms with Crippen LogP contribution in [-0.4, -0.2) is 14.6 Å². The highest BCUT2D eigenvalue weighted by molar-refractivity contribution is 5.37. The van der Waals surface area contributed by atoms with Crippen molar-refractivity contribution in [1.29, 1.82) is 0 Å². The van der Waals surface area contributed by atoms with Gasteiger partial charge in [-0.15, -0.1) is 0 Å². The molecule has 2 aromatic heterocycles. The van der Waals surface area contributed by atoms with Crippen LogP contribution in [0.25, 0.3) is 5.65 Å². The molecule has 15 heavy (non-hydrogen) atoms. The zero-order chi connectivity index (χ0) is 10.9. The molecule has 0 saturated carbocycles. The molecule has 2 aromatic rings. The Morgan fingerprint density at radius 1 is 1.33 bits per heavy atom. The minimum Gasteiger partial charge on any atom is -0.221 e. The maximum absolute atomic E-state index is 4.55. The molecule has 2 rings (SSSR count). The maximum Gasteiger partial charge on any atom is 0.157 e. The van der Waals surface area contributed by atoms with E-state index >= 15 is 0 Å². The summed E-state index contributed by atoms with van der Waals surface area (Å²) in [4.78, 5) is 4.55. The van der Waals surface area contributed by atoms with Crippen molar-refractivity contribution in [2.24, 2.45) is 0 Å². The molecule has 0 amide bonds. The lowest BCUT2D eigenvalue weighted by Crippen LogP contribution is -2.18. The minimum atomic E-state index is 0.0702. The number of pyridine rings is 1. The van der Waals surface area contributed by atoms with Gasteiger partial charge >= 0.3 is 0 Å². The fourth-order valence-corrected chi connectivity index (χ4v) is 1.86. The third-order valence-corrected chi connectivity index (χ3v) is 2.72. The van der Waals surface area contributed by atoms with E-state index in [0.717, 1.165) is 24.3 Å². The van der Waals surface area contributed by atoms with E-state index in [4.69, 9.17) is 0 Å².